The SMILES string of the molecule is Cn1cc([C@H]2CNC[C@@H]2C(=O)N2Cc3ccccc3C2)cn1. The Morgan fingerprint density at radius 2 is 1.95 bits per heavy atom. The second kappa shape index (κ2) is 5.25. The van der Waals surface area contributed by atoms with E-state index >= 15 is 0 Å². The summed E-state index contributed by atoms with van der Waals surface area (Å²) in [6, 6.07) is 8.33. The van der Waals surface area contributed by atoms with Crippen molar-refractivity contribution in [2.45, 2.75) is 19.0 Å². The zero-order valence-corrected chi connectivity index (χ0v) is 12.7. The maximum Gasteiger partial charge on any atom is 0.228 e. The highest BCUT2D eigenvalue weighted by molar-refractivity contribution is 5.81. The number of carbonyl (C=O) groups is 1. The van der Waals surface area contributed by atoms with E-state index in [0.717, 1.165) is 31.7 Å². The Balaban J connectivity index is 1.53. The molecule has 0 radical (unpaired) electrons. The lowest BCUT2D eigenvalue weighted by molar-refractivity contribution is -0.136. The van der Waals surface area contributed by atoms with Crippen LogP contribution in [0.4, 0.5) is 0 Å². The fourth-order valence-corrected chi connectivity index (χ4v) is 3.64. The minimum atomic E-state index is 0.0125. The molecule has 0 bridgehead atoms. The molecule has 0 spiro atoms. The number of aromatic nitrogens is 2. The molecule has 114 valence electrons. The van der Waals surface area contributed by atoms with Crippen molar-refractivity contribution in [3.63, 3.8) is 0 Å². The number of amides is 1. The average molecular weight is 296 g/mol. The molecular formula is C17H20N4O. The minimum Gasteiger partial charge on any atom is -0.334 e. The molecule has 22 heavy (non-hydrogen) atoms. The van der Waals surface area contributed by atoms with Gasteiger partial charge in [0, 0.05) is 45.3 Å². The van der Waals surface area contributed by atoms with Crippen LogP contribution < -0.4 is 5.32 Å². The Morgan fingerprint density at radius 1 is 1.23 bits per heavy atom. The molecule has 2 atom stereocenters. The molecule has 1 aromatic heterocycles. The van der Waals surface area contributed by atoms with Crippen LogP contribution in [0, 0.1) is 5.92 Å². The van der Waals surface area contributed by atoms with Gasteiger partial charge >= 0.3 is 0 Å². The molecule has 2 aromatic rings. The number of fused-ring (bicyclic) bond motifs is 1. The molecule has 0 unspecified atom stereocenters. The van der Waals surface area contributed by atoms with Gasteiger partial charge in [-0.25, -0.2) is 0 Å². The fourth-order valence-electron chi connectivity index (χ4n) is 3.64. The molecule has 1 N–H and O–H groups in total. The molecule has 2 aliphatic rings. The predicted octanol–water partition coefficient (Wildman–Crippen LogP) is 1.27. The van der Waals surface area contributed by atoms with Crippen molar-refractivity contribution in [2.75, 3.05) is 13.1 Å². The molecular weight excluding hydrogens is 276 g/mol. The summed E-state index contributed by atoms with van der Waals surface area (Å²) >= 11 is 0. The monoisotopic (exact) mass is 296 g/mol. The lowest BCUT2D eigenvalue weighted by Crippen LogP contribution is -2.35. The second-order valence-corrected chi connectivity index (χ2v) is 6.28. The normalized spacial score (nSPS) is 23.8. The summed E-state index contributed by atoms with van der Waals surface area (Å²) in [6.45, 7) is 3.09. The van der Waals surface area contributed by atoms with Crippen LogP contribution in [0.15, 0.2) is 36.7 Å². The molecule has 5 heteroatoms. The Labute approximate surface area is 129 Å². The first-order valence-electron chi connectivity index (χ1n) is 7.77. The minimum absolute atomic E-state index is 0.0125. The van der Waals surface area contributed by atoms with E-state index in [4.69, 9.17) is 0 Å². The van der Waals surface area contributed by atoms with E-state index in [1.54, 1.807) is 4.68 Å². The maximum atomic E-state index is 13.0. The average Bonchev–Trinajstić information content (AvgIpc) is 3.24. The third-order valence-electron chi connectivity index (χ3n) is 4.84. The molecule has 0 aliphatic carbocycles. The van der Waals surface area contributed by atoms with Gasteiger partial charge in [0.25, 0.3) is 0 Å². The van der Waals surface area contributed by atoms with E-state index in [1.807, 2.05) is 36.5 Å². The topological polar surface area (TPSA) is 50.2 Å². The summed E-state index contributed by atoms with van der Waals surface area (Å²) in [5.41, 5.74) is 3.71. The maximum absolute atomic E-state index is 13.0. The van der Waals surface area contributed by atoms with Gasteiger partial charge in [-0.05, 0) is 16.7 Å². The van der Waals surface area contributed by atoms with Gasteiger partial charge in [-0.2, -0.15) is 5.10 Å². The predicted molar refractivity (Wildman–Crippen MR) is 83.0 cm³/mol. The van der Waals surface area contributed by atoms with Gasteiger partial charge in [0.15, 0.2) is 0 Å². The van der Waals surface area contributed by atoms with Gasteiger partial charge in [0.2, 0.25) is 5.91 Å². The number of aryl methyl sites for hydroxylation is 1. The highest BCUT2D eigenvalue weighted by Crippen LogP contribution is 2.32. The first kappa shape index (κ1) is 13.5. The third-order valence-corrected chi connectivity index (χ3v) is 4.84. The van der Waals surface area contributed by atoms with Crippen molar-refractivity contribution in [3.8, 4) is 0 Å². The van der Waals surface area contributed by atoms with Crippen LogP contribution in [-0.4, -0.2) is 33.7 Å². The van der Waals surface area contributed by atoms with Crippen LogP contribution in [0.5, 0.6) is 0 Å². The number of carbonyl (C=O) groups excluding carboxylic acids is 1. The summed E-state index contributed by atoms with van der Waals surface area (Å²) in [6.07, 6.45) is 3.91. The highest BCUT2D eigenvalue weighted by atomic mass is 16.2. The van der Waals surface area contributed by atoms with Gasteiger partial charge in [-0.15, -0.1) is 0 Å². The molecule has 3 heterocycles. The molecule has 1 saturated heterocycles. The molecule has 5 nitrogen and oxygen atoms in total. The number of hydrogen-bond acceptors (Lipinski definition) is 3. The van der Waals surface area contributed by atoms with Crippen LogP contribution >= 0.6 is 0 Å². The summed E-state index contributed by atoms with van der Waals surface area (Å²) in [5.74, 6) is 0.499. The van der Waals surface area contributed by atoms with E-state index in [9.17, 15) is 4.79 Å². The Hall–Kier alpha value is -2.14. The largest absolute Gasteiger partial charge is 0.334 e. The van der Waals surface area contributed by atoms with Crippen LogP contribution in [0.25, 0.3) is 0 Å². The number of hydrogen-bond donors (Lipinski definition) is 1. The van der Waals surface area contributed by atoms with Crippen molar-refractivity contribution in [1.82, 2.24) is 20.0 Å². The zero-order valence-electron chi connectivity index (χ0n) is 12.7. The smallest absolute Gasteiger partial charge is 0.228 e. The first-order chi connectivity index (χ1) is 10.7. The molecule has 4 rings (SSSR count). The van der Waals surface area contributed by atoms with Gasteiger partial charge in [0.1, 0.15) is 0 Å². The molecule has 1 aromatic carbocycles. The van der Waals surface area contributed by atoms with E-state index in [1.165, 1.54) is 11.1 Å². The Bertz CT molecular complexity index is 683. The van der Waals surface area contributed by atoms with Crippen molar-refractivity contribution in [3.05, 3.63) is 53.3 Å². The second-order valence-electron chi connectivity index (χ2n) is 6.28. The van der Waals surface area contributed by atoms with Crippen molar-refractivity contribution >= 4 is 5.91 Å². The highest BCUT2D eigenvalue weighted by Gasteiger charge is 2.38. The molecule has 1 fully saturated rings. The van der Waals surface area contributed by atoms with Crippen LogP contribution in [0.1, 0.15) is 22.6 Å². The lowest BCUT2D eigenvalue weighted by atomic mass is 9.90. The molecule has 1 amide bonds. The Morgan fingerprint density at radius 3 is 2.59 bits per heavy atom. The molecule has 0 saturated carbocycles. The summed E-state index contributed by atoms with van der Waals surface area (Å²) in [7, 11) is 1.92. The van der Waals surface area contributed by atoms with Crippen LogP contribution in [0.2, 0.25) is 0 Å². The number of rotatable bonds is 2. The van der Waals surface area contributed by atoms with E-state index in [0.29, 0.717) is 0 Å². The lowest BCUT2D eigenvalue weighted by Gasteiger charge is -2.23. The van der Waals surface area contributed by atoms with Crippen LogP contribution in [0.3, 0.4) is 0 Å². The van der Waals surface area contributed by atoms with Gasteiger partial charge < -0.3 is 10.2 Å². The number of nitrogens with zero attached hydrogens (tertiary/aromatic N) is 3. The number of nitrogens with one attached hydrogen (secondary N) is 1. The first-order valence-corrected chi connectivity index (χ1v) is 7.77. The standard InChI is InChI=1S/C17H20N4O/c1-20-9-14(6-19-20)15-7-18-8-16(15)17(22)21-10-12-4-2-3-5-13(12)11-21/h2-6,9,15-16,18H,7-8,10-11H2,1H3/t15-,16+/m1/s1. The van der Waals surface area contributed by atoms with Gasteiger partial charge in [-0.3, -0.25) is 9.48 Å². The van der Waals surface area contributed by atoms with E-state index < -0.39 is 0 Å². The van der Waals surface area contributed by atoms with Crippen molar-refractivity contribution in [1.29, 1.82) is 0 Å². The van der Waals surface area contributed by atoms with E-state index in [-0.39, 0.29) is 17.7 Å². The summed E-state index contributed by atoms with van der Waals surface area (Å²) in [5, 5.41) is 7.62. The summed E-state index contributed by atoms with van der Waals surface area (Å²) < 4.78 is 1.81. The van der Waals surface area contributed by atoms with Crippen molar-refractivity contribution < 1.29 is 4.79 Å². The zero-order chi connectivity index (χ0) is 15.1. The van der Waals surface area contributed by atoms with Gasteiger partial charge in [0.05, 0.1) is 12.1 Å². The Kier molecular flexibility index (Phi) is 3.22. The third kappa shape index (κ3) is 2.22. The van der Waals surface area contributed by atoms with Crippen LogP contribution in [-0.2, 0) is 24.9 Å². The quantitative estimate of drug-likeness (QED) is 0.908. The number of benzene rings is 1. The summed E-state index contributed by atoms with van der Waals surface area (Å²) in [4.78, 5) is 15.0. The fraction of sp³-hybridized carbons (Fsp3) is 0.412. The van der Waals surface area contributed by atoms with E-state index in [2.05, 4.69) is 22.5 Å². The van der Waals surface area contributed by atoms with Gasteiger partial charge in [-0.1, -0.05) is 24.3 Å². The van der Waals surface area contributed by atoms with Crippen molar-refractivity contribution in [2.24, 2.45) is 13.0 Å². The molecule has 2 aliphatic heterocycles.